The van der Waals surface area contributed by atoms with Gasteiger partial charge in [-0.25, -0.2) is 4.79 Å². The monoisotopic (exact) mass is 538 g/mol. The molecule has 0 N–H and O–H groups in total. The van der Waals surface area contributed by atoms with Crippen molar-refractivity contribution in [2.45, 2.75) is 58.3 Å². The van der Waals surface area contributed by atoms with Crippen LogP contribution in [0.5, 0.6) is 0 Å². The lowest BCUT2D eigenvalue weighted by Gasteiger charge is -2.08. The molecule has 0 aromatic heterocycles. The maximum atomic E-state index is 10.8. The minimum absolute atomic E-state index is 0.0604. The molecule has 0 rings (SSSR count). The summed E-state index contributed by atoms with van der Waals surface area (Å²) >= 11 is 0. The Balaban J connectivity index is 3.03. The second kappa shape index (κ2) is 33.2. The van der Waals surface area contributed by atoms with E-state index < -0.39 is 5.97 Å². The molecule has 10 nitrogen and oxygen atoms in total. The first-order chi connectivity index (χ1) is 18.3. The summed E-state index contributed by atoms with van der Waals surface area (Å²) in [7, 11) is 1.32. The Morgan fingerprint density at radius 3 is 1.05 bits per heavy atom. The zero-order valence-electron chi connectivity index (χ0n) is 23.6. The molecule has 0 radical (unpaired) electrons. The molecule has 10 heteroatoms. The molecule has 222 valence electrons. The molecule has 37 heavy (non-hydrogen) atoms. The van der Waals surface area contributed by atoms with Crippen molar-refractivity contribution in [2.24, 2.45) is 0 Å². The van der Waals surface area contributed by atoms with E-state index in [0.29, 0.717) is 92.5 Å². The van der Waals surface area contributed by atoms with Gasteiger partial charge in [-0.05, 0) is 6.42 Å². The Morgan fingerprint density at radius 1 is 0.405 bits per heavy atom. The van der Waals surface area contributed by atoms with Crippen molar-refractivity contribution < 1.29 is 47.4 Å². The second-order valence-corrected chi connectivity index (χ2v) is 8.39. The smallest absolute Gasteiger partial charge is 0.331 e. The maximum Gasteiger partial charge on any atom is 0.331 e. The van der Waals surface area contributed by atoms with Gasteiger partial charge in [0.2, 0.25) is 0 Å². The maximum absolute atomic E-state index is 10.8. The van der Waals surface area contributed by atoms with Crippen molar-refractivity contribution in [1.82, 2.24) is 0 Å². The molecule has 0 spiro atoms. The fourth-order valence-corrected chi connectivity index (χ4v) is 3.09. The second-order valence-electron chi connectivity index (χ2n) is 8.39. The van der Waals surface area contributed by atoms with Crippen LogP contribution in [-0.4, -0.2) is 119 Å². The van der Waals surface area contributed by atoms with Crippen molar-refractivity contribution >= 4 is 5.97 Å². The van der Waals surface area contributed by atoms with Gasteiger partial charge in [0, 0.05) is 6.61 Å². The van der Waals surface area contributed by atoms with Gasteiger partial charge in [0.15, 0.2) is 0 Å². The van der Waals surface area contributed by atoms with E-state index in [-0.39, 0.29) is 6.61 Å². The van der Waals surface area contributed by atoms with Crippen LogP contribution in [0, 0.1) is 0 Å². The third kappa shape index (κ3) is 33.1. The van der Waals surface area contributed by atoms with E-state index in [4.69, 9.17) is 37.9 Å². The highest BCUT2D eigenvalue weighted by atomic mass is 16.6. The molecule has 0 saturated heterocycles. The van der Waals surface area contributed by atoms with Crippen LogP contribution in [0.4, 0.5) is 0 Å². The normalized spacial score (nSPS) is 11.3. The topological polar surface area (TPSA) is 100 Å². The summed E-state index contributed by atoms with van der Waals surface area (Å²) in [6.07, 6.45) is 10.5. The van der Waals surface area contributed by atoms with Crippen LogP contribution in [0.1, 0.15) is 58.3 Å². The molecule has 0 aliphatic carbocycles. The van der Waals surface area contributed by atoms with Crippen LogP contribution in [0.25, 0.3) is 0 Å². The van der Waals surface area contributed by atoms with E-state index in [2.05, 4.69) is 11.7 Å². The highest BCUT2D eigenvalue weighted by molar-refractivity contribution is 5.70. The van der Waals surface area contributed by atoms with Crippen LogP contribution in [0.2, 0.25) is 0 Å². The Kier molecular flexibility index (Phi) is 32.4. The molecule has 0 aliphatic rings. The van der Waals surface area contributed by atoms with E-state index in [1.54, 1.807) is 0 Å². The summed E-state index contributed by atoms with van der Waals surface area (Å²) in [6, 6.07) is 0. The van der Waals surface area contributed by atoms with Gasteiger partial charge < -0.3 is 42.6 Å². The minimum Gasteiger partial charge on any atom is -0.467 e. The van der Waals surface area contributed by atoms with Crippen molar-refractivity contribution in [3.63, 3.8) is 0 Å². The fraction of sp³-hybridized carbons (Fsp3) is 0.963. The predicted octanol–water partition coefficient (Wildman–Crippen LogP) is 3.43. The summed E-state index contributed by atoms with van der Waals surface area (Å²) in [5, 5.41) is 0. The zero-order valence-corrected chi connectivity index (χ0v) is 23.6. The number of hydrogen-bond donors (Lipinski definition) is 0. The molecule has 0 saturated carbocycles. The van der Waals surface area contributed by atoms with Gasteiger partial charge >= 0.3 is 5.97 Å². The van der Waals surface area contributed by atoms with E-state index >= 15 is 0 Å². The lowest BCUT2D eigenvalue weighted by molar-refractivity contribution is -0.146. The number of methoxy groups -OCH3 is 1. The molecule has 0 amide bonds. The van der Waals surface area contributed by atoms with Crippen LogP contribution >= 0.6 is 0 Å². The number of carbonyl (C=O) groups excluding carboxylic acids is 1. The van der Waals surface area contributed by atoms with E-state index in [9.17, 15) is 4.79 Å². The van der Waals surface area contributed by atoms with E-state index in [1.807, 2.05) is 0 Å². The van der Waals surface area contributed by atoms with Crippen molar-refractivity contribution in [1.29, 1.82) is 0 Å². The summed E-state index contributed by atoms with van der Waals surface area (Å²) in [6.45, 7) is 10.2. The zero-order chi connectivity index (χ0) is 26.9. The van der Waals surface area contributed by atoms with Gasteiger partial charge in [0.1, 0.15) is 6.61 Å². The van der Waals surface area contributed by atoms with Crippen LogP contribution in [0.3, 0.4) is 0 Å². The molecule has 0 bridgehead atoms. The number of esters is 1. The molecular formula is C27H54O10. The highest BCUT2D eigenvalue weighted by Crippen LogP contribution is 2.08. The molecular weight excluding hydrogens is 484 g/mol. The summed E-state index contributed by atoms with van der Waals surface area (Å²) in [5.41, 5.74) is 0. The lowest BCUT2D eigenvalue weighted by atomic mass is 10.1. The Morgan fingerprint density at radius 2 is 0.703 bits per heavy atom. The minimum atomic E-state index is -0.399. The quantitative estimate of drug-likeness (QED) is 0.0935. The number of ether oxygens (including phenoxy) is 9. The van der Waals surface area contributed by atoms with Gasteiger partial charge in [-0.15, -0.1) is 0 Å². The SMILES string of the molecule is CCCCCCCCCCOCCOCCOCCOCCOCCOCCOCCOCC(=O)OC. The fourth-order valence-electron chi connectivity index (χ4n) is 3.09. The molecule has 0 aromatic carbocycles. The predicted molar refractivity (Wildman–Crippen MR) is 141 cm³/mol. The third-order valence-electron chi connectivity index (χ3n) is 5.19. The van der Waals surface area contributed by atoms with Gasteiger partial charge in [0.05, 0.1) is 99.6 Å². The molecule has 0 unspecified atom stereocenters. The molecule has 0 fully saturated rings. The number of unbranched alkanes of at least 4 members (excludes halogenated alkanes) is 7. The summed E-state index contributed by atoms with van der Waals surface area (Å²) in [5.74, 6) is -0.399. The van der Waals surface area contributed by atoms with Crippen molar-refractivity contribution in [2.75, 3.05) is 113 Å². The average Bonchev–Trinajstić information content (AvgIpc) is 2.91. The third-order valence-corrected chi connectivity index (χ3v) is 5.19. The number of carbonyl (C=O) groups is 1. The largest absolute Gasteiger partial charge is 0.467 e. The first kappa shape index (κ1) is 36.1. The molecule has 0 atom stereocenters. The Labute approximate surface area is 224 Å². The molecule has 0 heterocycles. The Bertz CT molecular complexity index is 439. The van der Waals surface area contributed by atoms with Crippen LogP contribution in [-0.2, 0) is 47.4 Å². The van der Waals surface area contributed by atoms with Gasteiger partial charge in [0.25, 0.3) is 0 Å². The van der Waals surface area contributed by atoms with Gasteiger partial charge in [-0.1, -0.05) is 51.9 Å². The van der Waals surface area contributed by atoms with Crippen LogP contribution < -0.4 is 0 Å². The first-order valence-electron chi connectivity index (χ1n) is 14.0. The van der Waals surface area contributed by atoms with Gasteiger partial charge in [-0.3, -0.25) is 0 Å². The van der Waals surface area contributed by atoms with E-state index in [0.717, 1.165) is 13.0 Å². The summed E-state index contributed by atoms with van der Waals surface area (Å²) < 4.78 is 47.7. The molecule has 0 aliphatic heterocycles. The van der Waals surface area contributed by atoms with Crippen molar-refractivity contribution in [3.05, 3.63) is 0 Å². The summed E-state index contributed by atoms with van der Waals surface area (Å²) in [4.78, 5) is 10.8. The van der Waals surface area contributed by atoms with Crippen LogP contribution in [0.15, 0.2) is 0 Å². The molecule has 0 aromatic rings. The standard InChI is InChI=1S/C27H54O10/c1-3-4-5-6-7-8-9-10-11-30-12-13-31-14-15-32-16-17-33-18-19-34-20-21-35-22-23-36-24-25-37-26-27(28)29-2/h3-26H2,1-2H3. The van der Waals surface area contributed by atoms with E-state index in [1.165, 1.54) is 52.1 Å². The average molecular weight is 539 g/mol. The van der Waals surface area contributed by atoms with Crippen molar-refractivity contribution in [3.8, 4) is 0 Å². The Hall–Kier alpha value is -0.850. The van der Waals surface area contributed by atoms with Gasteiger partial charge in [-0.2, -0.15) is 0 Å². The highest BCUT2D eigenvalue weighted by Gasteiger charge is 1.99. The first-order valence-corrected chi connectivity index (χ1v) is 14.0. The lowest BCUT2D eigenvalue weighted by Crippen LogP contribution is -2.16. The number of hydrogen-bond acceptors (Lipinski definition) is 10. The number of rotatable bonds is 32.